The lowest BCUT2D eigenvalue weighted by atomic mass is 10.2. The van der Waals surface area contributed by atoms with Crippen LogP contribution in [0.2, 0.25) is 0 Å². The van der Waals surface area contributed by atoms with Gasteiger partial charge in [-0.15, -0.1) is 0 Å². The Hall–Kier alpha value is -1.43. The highest BCUT2D eigenvalue weighted by Crippen LogP contribution is 2.38. The molecule has 0 bridgehead atoms. The largest absolute Gasteiger partial charge is 0.481 e. The lowest BCUT2D eigenvalue weighted by Gasteiger charge is -2.16. The van der Waals surface area contributed by atoms with E-state index in [4.69, 9.17) is 9.63 Å². The highest BCUT2D eigenvalue weighted by atomic mass is 16.5. The molecule has 6 nitrogen and oxygen atoms in total. The molecule has 1 unspecified atom stereocenters. The van der Waals surface area contributed by atoms with Gasteiger partial charge < -0.3 is 9.63 Å². The first-order valence-corrected chi connectivity index (χ1v) is 5.80. The van der Waals surface area contributed by atoms with Crippen LogP contribution in [0.15, 0.2) is 4.52 Å². The third-order valence-corrected chi connectivity index (χ3v) is 2.84. The summed E-state index contributed by atoms with van der Waals surface area (Å²) < 4.78 is 5.13. The van der Waals surface area contributed by atoms with Crippen LogP contribution in [-0.4, -0.2) is 39.7 Å². The summed E-state index contributed by atoms with van der Waals surface area (Å²) >= 11 is 0. The van der Waals surface area contributed by atoms with Crippen molar-refractivity contribution in [3.63, 3.8) is 0 Å². The number of hydrogen-bond acceptors (Lipinski definition) is 5. The maximum absolute atomic E-state index is 10.7. The van der Waals surface area contributed by atoms with Crippen LogP contribution in [0.25, 0.3) is 0 Å². The molecule has 0 spiro atoms. The van der Waals surface area contributed by atoms with E-state index in [0.29, 0.717) is 24.9 Å². The van der Waals surface area contributed by atoms with Gasteiger partial charge in [-0.25, -0.2) is 0 Å². The summed E-state index contributed by atoms with van der Waals surface area (Å²) in [6, 6.07) is 0. The summed E-state index contributed by atoms with van der Waals surface area (Å²) in [7, 11) is 1.85. The average Bonchev–Trinajstić information content (AvgIpc) is 3.00. The maximum atomic E-state index is 10.7. The monoisotopic (exact) mass is 239 g/mol. The molecule has 0 saturated heterocycles. The zero-order chi connectivity index (χ0) is 12.4. The number of rotatable bonds is 6. The fourth-order valence-electron chi connectivity index (χ4n) is 1.68. The van der Waals surface area contributed by atoms with Crippen LogP contribution in [0.5, 0.6) is 0 Å². The van der Waals surface area contributed by atoms with Crippen LogP contribution in [0, 0.1) is 5.92 Å². The first-order valence-electron chi connectivity index (χ1n) is 5.80. The van der Waals surface area contributed by atoms with Crippen molar-refractivity contribution in [2.24, 2.45) is 5.92 Å². The van der Waals surface area contributed by atoms with Crippen molar-refractivity contribution in [2.75, 3.05) is 13.6 Å². The Morgan fingerprint density at radius 3 is 2.94 bits per heavy atom. The molecule has 1 aliphatic carbocycles. The minimum Gasteiger partial charge on any atom is -0.481 e. The second-order valence-corrected chi connectivity index (χ2v) is 4.76. The third-order valence-electron chi connectivity index (χ3n) is 2.84. The normalized spacial score (nSPS) is 17.4. The molecule has 0 amide bonds. The Morgan fingerprint density at radius 2 is 2.35 bits per heavy atom. The summed E-state index contributed by atoms with van der Waals surface area (Å²) in [5, 5.41) is 12.7. The molecule has 6 heteroatoms. The fourth-order valence-corrected chi connectivity index (χ4v) is 1.68. The van der Waals surface area contributed by atoms with Crippen LogP contribution in [0.4, 0.5) is 0 Å². The molecule has 1 heterocycles. The van der Waals surface area contributed by atoms with Gasteiger partial charge >= 0.3 is 5.97 Å². The number of hydrogen-bond donors (Lipinski definition) is 1. The van der Waals surface area contributed by atoms with Gasteiger partial charge in [-0.05, 0) is 19.9 Å². The van der Waals surface area contributed by atoms with Crippen molar-refractivity contribution in [1.29, 1.82) is 0 Å². The van der Waals surface area contributed by atoms with E-state index >= 15 is 0 Å². The van der Waals surface area contributed by atoms with Gasteiger partial charge in [0.25, 0.3) is 0 Å². The molecule has 1 saturated carbocycles. The summed E-state index contributed by atoms with van der Waals surface area (Å²) in [5.74, 6) is 0.647. The Kier molecular flexibility index (Phi) is 3.42. The summed E-state index contributed by atoms with van der Waals surface area (Å²) in [6.07, 6.45) is 2.29. The van der Waals surface area contributed by atoms with Crippen molar-refractivity contribution >= 4 is 5.97 Å². The fraction of sp³-hybridized carbons (Fsp3) is 0.727. The van der Waals surface area contributed by atoms with Gasteiger partial charge in [-0.1, -0.05) is 12.1 Å². The highest BCUT2D eigenvalue weighted by molar-refractivity contribution is 5.69. The molecule has 1 fully saturated rings. The van der Waals surface area contributed by atoms with E-state index in [9.17, 15) is 4.79 Å². The molecule has 94 valence electrons. The molecule has 2 rings (SSSR count). The van der Waals surface area contributed by atoms with Gasteiger partial charge in [0.15, 0.2) is 5.82 Å². The molecular formula is C11H17N3O3. The molecule has 1 atom stereocenters. The number of aromatic nitrogens is 2. The number of carbonyl (C=O) groups is 1. The molecule has 1 aromatic rings. The van der Waals surface area contributed by atoms with Gasteiger partial charge in [-0.2, -0.15) is 4.98 Å². The van der Waals surface area contributed by atoms with Crippen molar-refractivity contribution in [3.8, 4) is 0 Å². The van der Waals surface area contributed by atoms with Crippen molar-refractivity contribution in [1.82, 2.24) is 15.0 Å². The lowest BCUT2D eigenvalue weighted by Crippen LogP contribution is -2.28. The Balaban J connectivity index is 1.84. The second-order valence-electron chi connectivity index (χ2n) is 4.76. The standard InChI is InChI=1S/C11H17N3O3/c1-7(11(15)16)5-14(2)6-9-12-10(13-17-9)8-3-4-8/h7-8H,3-6H2,1-2H3,(H,15,16). The van der Waals surface area contributed by atoms with E-state index in [1.165, 1.54) is 0 Å². The van der Waals surface area contributed by atoms with Crippen LogP contribution >= 0.6 is 0 Å². The predicted molar refractivity (Wildman–Crippen MR) is 59.4 cm³/mol. The number of aliphatic carboxylic acids is 1. The number of carboxylic acids is 1. The van der Waals surface area contributed by atoms with Crippen molar-refractivity contribution in [2.45, 2.75) is 32.2 Å². The quantitative estimate of drug-likeness (QED) is 0.800. The van der Waals surface area contributed by atoms with E-state index in [2.05, 4.69) is 10.1 Å². The van der Waals surface area contributed by atoms with E-state index in [1.54, 1.807) is 6.92 Å². The van der Waals surface area contributed by atoms with Crippen LogP contribution in [-0.2, 0) is 11.3 Å². The van der Waals surface area contributed by atoms with Crippen LogP contribution < -0.4 is 0 Å². The van der Waals surface area contributed by atoms with E-state index in [0.717, 1.165) is 18.7 Å². The topological polar surface area (TPSA) is 79.5 Å². The van der Waals surface area contributed by atoms with Gasteiger partial charge in [0, 0.05) is 12.5 Å². The first-order chi connectivity index (χ1) is 8.06. The van der Waals surface area contributed by atoms with Gasteiger partial charge in [-0.3, -0.25) is 9.69 Å². The smallest absolute Gasteiger partial charge is 0.307 e. The van der Waals surface area contributed by atoms with Gasteiger partial charge in [0.05, 0.1) is 12.5 Å². The van der Waals surface area contributed by atoms with E-state index in [-0.39, 0.29) is 0 Å². The zero-order valence-electron chi connectivity index (χ0n) is 10.1. The molecule has 1 aliphatic rings. The van der Waals surface area contributed by atoms with E-state index in [1.807, 2.05) is 11.9 Å². The Bertz CT molecular complexity index is 400. The maximum Gasteiger partial charge on any atom is 0.307 e. The minimum absolute atomic E-state index is 0.397. The molecule has 17 heavy (non-hydrogen) atoms. The number of carboxylic acid groups (broad SMARTS) is 1. The lowest BCUT2D eigenvalue weighted by molar-refractivity contribution is -0.141. The number of nitrogens with zero attached hydrogens (tertiary/aromatic N) is 3. The first kappa shape index (κ1) is 12.0. The average molecular weight is 239 g/mol. The minimum atomic E-state index is -0.791. The van der Waals surface area contributed by atoms with Gasteiger partial charge in [0.2, 0.25) is 5.89 Å². The molecular weight excluding hydrogens is 222 g/mol. The predicted octanol–water partition coefficient (Wildman–Crippen LogP) is 1.10. The summed E-state index contributed by atoms with van der Waals surface area (Å²) in [5.41, 5.74) is 0. The zero-order valence-corrected chi connectivity index (χ0v) is 10.1. The Morgan fingerprint density at radius 1 is 1.65 bits per heavy atom. The van der Waals surface area contributed by atoms with E-state index < -0.39 is 11.9 Å². The molecule has 1 N–H and O–H groups in total. The van der Waals surface area contributed by atoms with Crippen LogP contribution in [0.3, 0.4) is 0 Å². The molecule has 0 aliphatic heterocycles. The van der Waals surface area contributed by atoms with Crippen molar-refractivity contribution in [3.05, 3.63) is 11.7 Å². The molecule has 1 aromatic heterocycles. The second kappa shape index (κ2) is 4.83. The van der Waals surface area contributed by atoms with Gasteiger partial charge in [0.1, 0.15) is 0 Å². The van der Waals surface area contributed by atoms with Crippen LogP contribution in [0.1, 0.15) is 37.4 Å². The SMILES string of the molecule is CC(CN(C)Cc1nc(C2CC2)no1)C(=O)O. The molecule has 0 aromatic carbocycles. The Labute approximate surface area is 99.6 Å². The highest BCUT2D eigenvalue weighted by Gasteiger charge is 2.28. The third kappa shape index (κ3) is 3.26. The molecule has 0 radical (unpaired) electrons. The summed E-state index contributed by atoms with van der Waals surface area (Å²) in [6.45, 7) is 2.65. The van der Waals surface area contributed by atoms with Crippen molar-refractivity contribution < 1.29 is 14.4 Å². The summed E-state index contributed by atoms with van der Waals surface area (Å²) in [4.78, 5) is 16.9.